The topological polar surface area (TPSA) is 145 Å². The van der Waals surface area contributed by atoms with Crippen molar-refractivity contribution in [2.24, 2.45) is 0 Å². The molecule has 3 atom stereocenters. The van der Waals surface area contributed by atoms with Crippen molar-refractivity contribution in [2.45, 2.75) is 195 Å². The molecule has 0 bridgehead atoms. The summed E-state index contributed by atoms with van der Waals surface area (Å²) < 4.78 is 33.9. The van der Waals surface area contributed by atoms with E-state index in [0.29, 0.717) is 32.7 Å². The number of urea groups is 3. The number of allylic oxidation sites excluding steroid dienone is 4. The van der Waals surface area contributed by atoms with E-state index in [1.165, 1.54) is 55.6 Å². The molecule has 0 aliphatic carbocycles. The van der Waals surface area contributed by atoms with Crippen LogP contribution in [0.1, 0.15) is 181 Å². The van der Waals surface area contributed by atoms with Gasteiger partial charge in [0.05, 0.1) is 78.9 Å². The lowest BCUT2D eigenvalue weighted by Gasteiger charge is -2.45. The molecule has 9 heterocycles. The first-order valence-electron chi connectivity index (χ1n) is 41.0. The molecule has 18 nitrogen and oxygen atoms in total. The number of piperidine rings is 3. The van der Waals surface area contributed by atoms with Crippen molar-refractivity contribution in [3.8, 4) is 34.5 Å². The smallest absolute Gasteiger partial charge is 0.325 e. The summed E-state index contributed by atoms with van der Waals surface area (Å²) in [7, 11) is 10.1. The van der Waals surface area contributed by atoms with Gasteiger partial charge in [-0.3, -0.25) is 29.4 Å². The zero-order valence-electron chi connectivity index (χ0n) is 71.7. The van der Waals surface area contributed by atoms with Gasteiger partial charge in [0.15, 0.2) is 0 Å². The van der Waals surface area contributed by atoms with Crippen LogP contribution in [0.3, 0.4) is 0 Å². The largest absolute Gasteiger partial charge is 0.497 e. The number of fused-ring (bicyclic) bond motifs is 9. The van der Waals surface area contributed by atoms with Crippen LogP contribution in [0.2, 0.25) is 0 Å². The third-order valence-corrected chi connectivity index (χ3v) is 25.6. The number of methoxy groups -OCH3 is 6. The molecule has 1 unspecified atom stereocenters. The fraction of sp³-hybridized carbons (Fsp3) is 0.469. The Kier molecular flexibility index (Phi) is 26.4. The number of carbonyl (C=O) groups is 3. The molecule has 19 heteroatoms. The van der Waals surface area contributed by atoms with Gasteiger partial charge in [0.1, 0.15) is 34.5 Å². The SMILES string of the molecule is C=C(C)CBr.C=C(C)CN1C(=O)N2Cc3cc(OC)cc(OC)c3[C@@H](C)C=C2C12CCN(Cc1cc(C)cc(C)c1)CC2.C=C(C)CN1C(=O)N2Cc3cc(OC)cc(OC)c3[C@H](C)C=C2C12CCN(Cc1cc(C)cc(C)c1)CC2.COc1cc2c(c(OC)c1)C(C)C=C1N(C2)C(=O)NC12CCN(Cc1cc(C)cc(C)c1)CC2. The minimum atomic E-state index is -0.331. The van der Waals surface area contributed by atoms with Crippen LogP contribution in [-0.4, -0.2) is 174 Å². The lowest BCUT2D eigenvalue weighted by atomic mass is 9.81. The molecule has 0 saturated carbocycles. The number of aryl methyl sites for hydroxylation is 6. The summed E-state index contributed by atoms with van der Waals surface area (Å²) >= 11 is 3.21. The highest BCUT2D eigenvalue weighted by Crippen LogP contribution is 2.53. The molecule has 6 aromatic carbocycles. The standard InChI is InChI=1S/2C32H41N3O3.C28H35N3O3.C4H7Br/c2*1-21(2)18-35-31(36)34-20-26-16-27(37-6)17-28(38-7)30(26)24(5)15-29(34)32(35)8-10-33(11-9-32)19-25-13-22(3)12-23(4)14-25;1-18-10-19(2)12-21(11-18)16-30-8-6-28(7-9-30)25-13-20(3)26-22(17-31(25)27(32)29-28)14-23(33-4)15-24(26)34-5;1-4(2)3-5/h2*12-17,24H,1,8-11,18-20H2,2-7H3;10-15,20H,6-9,16-17H2,1-5H3,(H,29,32);1,3H2,2H3/t2*24-;;/m10../s1. The predicted octanol–water partition coefficient (Wildman–Crippen LogP) is 19.2. The number of carbonyl (C=O) groups excluding carboxylic acids is 3. The maximum Gasteiger partial charge on any atom is 0.325 e. The minimum Gasteiger partial charge on any atom is -0.497 e. The van der Waals surface area contributed by atoms with Crippen LogP contribution in [0.15, 0.2) is 163 Å². The van der Waals surface area contributed by atoms with E-state index in [-0.39, 0.29) is 52.5 Å². The third kappa shape index (κ3) is 18.0. The number of likely N-dealkylation sites (tertiary alicyclic amines) is 3. The Morgan fingerprint density at radius 2 is 0.696 bits per heavy atom. The number of hydrogen-bond donors (Lipinski definition) is 1. The number of rotatable bonds is 17. The van der Waals surface area contributed by atoms with E-state index < -0.39 is 0 Å². The Balaban J connectivity index is 0.000000155. The van der Waals surface area contributed by atoms with Crippen molar-refractivity contribution in [1.82, 2.24) is 44.5 Å². The van der Waals surface area contributed by atoms with Gasteiger partial charge in [-0.1, -0.05) is 179 Å². The molecule has 6 amide bonds. The summed E-state index contributed by atoms with van der Waals surface area (Å²) in [5, 5.41) is 4.30. The van der Waals surface area contributed by atoms with Crippen LogP contribution in [0.4, 0.5) is 14.4 Å². The Morgan fingerprint density at radius 3 is 0.974 bits per heavy atom. The predicted molar refractivity (Wildman–Crippen MR) is 465 cm³/mol. The Morgan fingerprint density at radius 1 is 0.409 bits per heavy atom. The lowest BCUT2D eigenvalue weighted by molar-refractivity contribution is 0.0907. The van der Waals surface area contributed by atoms with Gasteiger partial charge in [0.2, 0.25) is 0 Å². The molecular weight excluding hydrogens is 1500 g/mol. The van der Waals surface area contributed by atoms with Crippen molar-refractivity contribution >= 4 is 34.0 Å². The van der Waals surface area contributed by atoms with Crippen LogP contribution in [0, 0.1) is 41.5 Å². The fourth-order valence-electron chi connectivity index (χ4n) is 19.7. The normalized spacial score (nSPS) is 20.3. The molecule has 3 spiro atoms. The van der Waals surface area contributed by atoms with E-state index in [4.69, 9.17) is 28.4 Å². The van der Waals surface area contributed by atoms with Gasteiger partial charge < -0.3 is 43.5 Å². The Hall–Kier alpha value is -9.27. The number of hydrogen-bond acceptors (Lipinski definition) is 12. The van der Waals surface area contributed by atoms with Gasteiger partial charge in [0.25, 0.3) is 0 Å². The average molecular weight is 1630 g/mol. The zero-order valence-corrected chi connectivity index (χ0v) is 73.3. The van der Waals surface area contributed by atoms with Crippen molar-refractivity contribution in [1.29, 1.82) is 0 Å². The molecule has 6 saturated heterocycles. The summed E-state index contributed by atoms with van der Waals surface area (Å²) in [5.74, 6) is 5.03. The summed E-state index contributed by atoms with van der Waals surface area (Å²) in [6.45, 7) is 48.8. The number of benzene rings is 6. The van der Waals surface area contributed by atoms with Crippen molar-refractivity contribution in [2.75, 3.05) is 100 Å². The van der Waals surface area contributed by atoms with Gasteiger partial charge in [-0.15, -0.1) is 0 Å². The number of halogens is 1. The highest BCUT2D eigenvalue weighted by atomic mass is 79.9. The zero-order chi connectivity index (χ0) is 82.7. The lowest BCUT2D eigenvalue weighted by Crippen LogP contribution is -2.54. The first kappa shape index (κ1) is 85.1. The van der Waals surface area contributed by atoms with E-state index >= 15 is 0 Å². The van der Waals surface area contributed by atoms with Crippen molar-refractivity contribution in [3.05, 3.63) is 246 Å². The molecule has 1 N–H and O–H groups in total. The van der Waals surface area contributed by atoms with E-state index in [1.807, 2.05) is 59.7 Å². The van der Waals surface area contributed by atoms with Gasteiger partial charge in [0, 0.05) is 147 Å². The van der Waals surface area contributed by atoms with E-state index in [9.17, 15) is 14.4 Å². The quantitative estimate of drug-likeness (QED) is 0.0685. The third-order valence-electron chi connectivity index (χ3n) is 24.6. The van der Waals surface area contributed by atoms with E-state index in [2.05, 4.69) is 213 Å². The average Bonchev–Trinajstić information content (AvgIpc) is 1.58. The second-order valence-electron chi connectivity index (χ2n) is 34.1. The summed E-state index contributed by atoms with van der Waals surface area (Å²) in [6.07, 6.45) is 12.4. The number of nitrogens with one attached hydrogen (secondary N) is 1. The molecule has 0 aromatic heterocycles. The number of amides is 6. The maximum absolute atomic E-state index is 14.1. The molecular formula is C96H124BrN9O9. The van der Waals surface area contributed by atoms with E-state index in [1.54, 1.807) is 42.7 Å². The second-order valence-corrected chi connectivity index (χ2v) is 34.7. The molecule has 0 radical (unpaired) electrons. The molecule has 614 valence electrons. The van der Waals surface area contributed by atoms with Crippen LogP contribution in [0.25, 0.3) is 0 Å². The first-order valence-corrected chi connectivity index (χ1v) is 42.1. The molecule has 6 fully saturated rings. The minimum absolute atomic E-state index is 0.00385. The summed E-state index contributed by atoms with van der Waals surface area (Å²) in [4.78, 5) is 59.1. The fourth-order valence-corrected chi connectivity index (χ4v) is 19.7. The van der Waals surface area contributed by atoms with Gasteiger partial charge in [-0.2, -0.15) is 0 Å². The Bertz CT molecular complexity index is 4520. The van der Waals surface area contributed by atoms with Crippen molar-refractivity contribution < 1.29 is 42.8 Å². The second kappa shape index (κ2) is 35.7. The van der Waals surface area contributed by atoms with Gasteiger partial charge in [-0.05, 0) is 152 Å². The van der Waals surface area contributed by atoms with Crippen LogP contribution < -0.4 is 33.7 Å². The summed E-state index contributed by atoms with van der Waals surface area (Å²) in [6, 6.07) is 32.5. The molecule has 6 aromatic rings. The number of nitrogens with zero attached hydrogens (tertiary/aromatic N) is 8. The highest BCUT2D eigenvalue weighted by Gasteiger charge is 2.58. The summed E-state index contributed by atoms with van der Waals surface area (Å²) in [5.41, 5.74) is 24.2. The Labute approximate surface area is 693 Å². The first-order chi connectivity index (χ1) is 54.9. The van der Waals surface area contributed by atoms with Gasteiger partial charge in [-0.25, -0.2) is 14.4 Å². The van der Waals surface area contributed by atoms with Crippen LogP contribution >= 0.6 is 15.9 Å². The van der Waals surface area contributed by atoms with Crippen LogP contribution in [-0.2, 0) is 39.3 Å². The molecule has 15 rings (SSSR count). The number of alkyl halides is 1. The maximum atomic E-state index is 14.1. The molecule has 115 heavy (non-hydrogen) atoms. The number of ether oxygens (including phenoxy) is 6. The highest BCUT2D eigenvalue weighted by molar-refractivity contribution is 9.09. The van der Waals surface area contributed by atoms with Gasteiger partial charge >= 0.3 is 18.1 Å². The van der Waals surface area contributed by atoms with Crippen LogP contribution in [0.5, 0.6) is 34.5 Å². The van der Waals surface area contributed by atoms with Crippen molar-refractivity contribution in [3.63, 3.8) is 0 Å². The molecule has 9 aliphatic rings. The molecule has 9 aliphatic heterocycles. The van der Waals surface area contributed by atoms with E-state index in [0.717, 1.165) is 199 Å². The monoisotopic (exact) mass is 1630 g/mol.